The number of ether oxygens (including phenoxy) is 1. The van der Waals surface area contributed by atoms with Gasteiger partial charge in [0.1, 0.15) is 0 Å². The molecule has 1 heterocycles. The first kappa shape index (κ1) is 17.5. The van der Waals surface area contributed by atoms with Gasteiger partial charge in [-0.05, 0) is 44.2 Å². The van der Waals surface area contributed by atoms with Gasteiger partial charge in [0.05, 0.1) is 30.1 Å². The zero-order valence-electron chi connectivity index (χ0n) is 14.1. The highest BCUT2D eigenvalue weighted by atomic mass is 16.5. The number of esters is 1. The minimum absolute atomic E-state index is 0.248. The Kier molecular flexibility index (Phi) is 5.89. The van der Waals surface area contributed by atoms with E-state index < -0.39 is 5.97 Å². The normalized spacial score (nSPS) is 10.1. The highest BCUT2D eigenvalue weighted by Crippen LogP contribution is 2.16. The van der Waals surface area contributed by atoms with Gasteiger partial charge in [0, 0.05) is 25.0 Å². The highest BCUT2D eigenvalue weighted by molar-refractivity contribution is 6.04. The molecule has 126 valence electrons. The molecule has 1 aromatic heterocycles. The maximum absolute atomic E-state index is 12.4. The van der Waals surface area contributed by atoms with Crippen molar-refractivity contribution >= 4 is 23.3 Å². The van der Waals surface area contributed by atoms with Crippen LogP contribution in [-0.2, 0) is 4.74 Å². The van der Waals surface area contributed by atoms with Crippen molar-refractivity contribution in [3.63, 3.8) is 0 Å². The van der Waals surface area contributed by atoms with Crippen molar-refractivity contribution in [2.45, 2.75) is 13.8 Å². The van der Waals surface area contributed by atoms with Crippen LogP contribution in [0.4, 0.5) is 11.4 Å². The van der Waals surface area contributed by atoms with Crippen molar-refractivity contribution in [3.8, 4) is 0 Å². The summed E-state index contributed by atoms with van der Waals surface area (Å²) >= 11 is 0. The van der Waals surface area contributed by atoms with E-state index in [2.05, 4.69) is 33.8 Å². The fraction of sp³-hybridized carbons (Fsp3) is 0.278. The highest BCUT2D eigenvalue weighted by Gasteiger charge is 2.11. The second kappa shape index (κ2) is 8.10. The summed E-state index contributed by atoms with van der Waals surface area (Å²) in [6.07, 6.45) is 3.28. The monoisotopic (exact) mass is 327 g/mol. The second-order valence-electron chi connectivity index (χ2n) is 5.13. The van der Waals surface area contributed by atoms with Crippen molar-refractivity contribution in [3.05, 3.63) is 53.9 Å². The molecule has 0 saturated heterocycles. The summed E-state index contributed by atoms with van der Waals surface area (Å²) < 4.78 is 4.64. The predicted octanol–water partition coefficient (Wildman–Crippen LogP) is 2.97. The SMILES string of the molecule is CCN(CC)c1cncc(C(=O)Nc2ccc(C(=O)OC)cc2)c1. The van der Waals surface area contributed by atoms with Crippen LogP contribution in [-0.4, -0.2) is 37.1 Å². The van der Waals surface area contributed by atoms with Crippen molar-refractivity contribution in [2.24, 2.45) is 0 Å². The molecule has 0 aliphatic heterocycles. The molecule has 0 atom stereocenters. The van der Waals surface area contributed by atoms with Crippen LogP contribution in [0.3, 0.4) is 0 Å². The van der Waals surface area contributed by atoms with Crippen molar-refractivity contribution in [2.75, 3.05) is 30.4 Å². The molecule has 6 nitrogen and oxygen atoms in total. The minimum atomic E-state index is -0.413. The maximum atomic E-state index is 12.4. The van der Waals surface area contributed by atoms with Crippen LogP contribution in [0.15, 0.2) is 42.7 Å². The standard InChI is InChI=1S/C18H21N3O3/c1-4-21(5-2)16-10-14(11-19-12-16)17(22)20-15-8-6-13(7-9-15)18(23)24-3/h6-12H,4-5H2,1-3H3,(H,20,22). The molecule has 6 heteroatoms. The fourth-order valence-electron chi connectivity index (χ4n) is 2.32. The topological polar surface area (TPSA) is 71.5 Å². The summed E-state index contributed by atoms with van der Waals surface area (Å²) in [5.41, 5.74) is 2.42. The third-order valence-electron chi connectivity index (χ3n) is 3.68. The molecule has 2 aromatic rings. The predicted molar refractivity (Wildman–Crippen MR) is 93.5 cm³/mol. The molecule has 0 bridgehead atoms. The third kappa shape index (κ3) is 4.10. The Balaban J connectivity index is 2.12. The number of pyridine rings is 1. The molecule has 1 amide bonds. The van der Waals surface area contributed by atoms with Crippen LogP contribution < -0.4 is 10.2 Å². The van der Waals surface area contributed by atoms with Gasteiger partial charge in [0.2, 0.25) is 0 Å². The van der Waals surface area contributed by atoms with Gasteiger partial charge in [-0.3, -0.25) is 9.78 Å². The van der Waals surface area contributed by atoms with Crippen LogP contribution in [0.2, 0.25) is 0 Å². The number of hydrogen-bond acceptors (Lipinski definition) is 5. The van der Waals surface area contributed by atoms with Crippen LogP contribution in [0.5, 0.6) is 0 Å². The molecular weight excluding hydrogens is 306 g/mol. The van der Waals surface area contributed by atoms with Crippen molar-refractivity contribution in [1.29, 1.82) is 0 Å². The molecule has 2 rings (SSSR count). The van der Waals surface area contributed by atoms with Crippen LogP contribution in [0.1, 0.15) is 34.6 Å². The lowest BCUT2D eigenvalue weighted by Crippen LogP contribution is -2.22. The summed E-state index contributed by atoms with van der Waals surface area (Å²) in [5, 5.41) is 2.79. The minimum Gasteiger partial charge on any atom is -0.465 e. The van der Waals surface area contributed by atoms with E-state index in [0.717, 1.165) is 18.8 Å². The van der Waals surface area contributed by atoms with Gasteiger partial charge in [-0.25, -0.2) is 4.79 Å². The number of nitrogens with zero attached hydrogens (tertiary/aromatic N) is 2. The number of nitrogens with one attached hydrogen (secondary N) is 1. The van der Waals surface area contributed by atoms with Crippen molar-refractivity contribution < 1.29 is 14.3 Å². The van der Waals surface area contributed by atoms with E-state index in [1.807, 2.05) is 6.07 Å². The van der Waals surface area contributed by atoms with E-state index in [0.29, 0.717) is 16.8 Å². The van der Waals surface area contributed by atoms with E-state index in [9.17, 15) is 9.59 Å². The van der Waals surface area contributed by atoms with Crippen LogP contribution in [0.25, 0.3) is 0 Å². The van der Waals surface area contributed by atoms with Gasteiger partial charge >= 0.3 is 5.97 Å². The lowest BCUT2D eigenvalue weighted by Gasteiger charge is -2.20. The summed E-state index contributed by atoms with van der Waals surface area (Å²) in [6, 6.07) is 8.34. The summed E-state index contributed by atoms with van der Waals surface area (Å²) in [6.45, 7) is 5.80. The zero-order valence-corrected chi connectivity index (χ0v) is 14.1. The second-order valence-corrected chi connectivity index (χ2v) is 5.13. The maximum Gasteiger partial charge on any atom is 0.337 e. The number of methoxy groups -OCH3 is 1. The molecule has 1 aromatic carbocycles. The smallest absolute Gasteiger partial charge is 0.337 e. The average molecular weight is 327 g/mol. The Morgan fingerprint density at radius 3 is 2.33 bits per heavy atom. The van der Waals surface area contributed by atoms with Crippen LogP contribution >= 0.6 is 0 Å². The summed E-state index contributed by atoms with van der Waals surface area (Å²) in [7, 11) is 1.33. The molecule has 1 N–H and O–H groups in total. The summed E-state index contributed by atoms with van der Waals surface area (Å²) in [4.78, 5) is 30.1. The number of anilines is 2. The number of rotatable bonds is 6. The first-order valence-corrected chi connectivity index (χ1v) is 7.78. The number of carbonyl (C=O) groups excluding carboxylic acids is 2. The first-order valence-electron chi connectivity index (χ1n) is 7.78. The van der Waals surface area contributed by atoms with Gasteiger partial charge in [-0.15, -0.1) is 0 Å². The van der Waals surface area contributed by atoms with Gasteiger partial charge in [-0.1, -0.05) is 0 Å². The molecule has 0 saturated carbocycles. The molecular formula is C18H21N3O3. The number of benzene rings is 1. The molecule has 24 heavy (non-hydrogen) atoms. The average Bonchev–Trinajstić information content (AvgIpc) is 2.63. The lowest BCUT2D eigenvalue weighted by atomic mass is 10.2. The molecule has 0 aliphatic carbocycles. The Hall–Kier alpha value is -2.89. The Labute approximate surface area is 141 Å². The third-order valence-corrected chi connectivity index (χ3v) is 3.68. The quantitative estimate of drug-likeness (QED) is 0.826. The van der Waals surface area contributed by atoms with E-state index in [-0.39, 0.29) is 5.91 Å². The number of hydrogen-bond donors (Lipinski definition) is 1. The van der Waals surface area contributed by atoms with Gasteiger partial charge in [0.25, 0.3) is 5.91 Å². The first-order chi connectivity index (χ1) is 11.6. The summed E-state index contributed by atoms with van der Waals surface area (Å²) in [5.74, 6) is -0.661. The van der Waals surface area contributed by atoms with Crippen LogP contribution in [0, 0.1) is 0 Å². The van der Waals surface area contributed by atoms with E-state index >= 15 is 0 Å². The van der Waals surface area contributed by atoms with E-state index in [1.165, 1.54) is 13.3 Å². The van der Waals surface area contributed by atoms with E-state index in [1.54, 1.807) is 30.5 Å². The lowest BCUT2D eigenvalue weighted by molar-refractivity contribution is 0.0600. The number of carbonyl (C=O) groups is 2. The number of aromatic nitrogens is 1. The Bertz CT molecular complexity index is 710. The van der Waals surface area contributed by atoms with Gasteiger partial charge in [0.15, 0.2) is 0 Å². The van der Waals surface area contributed by atoms with Gasteiger partial charge < -0.3 is 15.0 Å². The number of amides is 1. The van der Waals surface area contributed by atoms with E-state index in [4.69, 9.17) is 0 Å². The molecule has 0 spiro atoms. The fourth-order valence-corrected chi connectivity index (χ4v) is 2.32. The van der Waals surface area contributed by atoms with Gasteiger partial charge in [-0.2, -0.15) is 0 Å². The molecule has 0 aliphatic rings. The molecule has 0 unspecified atom stereocenters. The Morgan fingerprint density at radius 1 is 1.08 bits per heavy atom. The zero-order chi connectivity index (χ0) is 17.5. The Morgan fingerprint density at radius 2 is 1.75 bits per heavy atom. The molecule has 0 radical (unpaired) electrons. The largest absolute Gasteiger partial charge is 0.465 e. The van der Waals surface area contributed by atoms with Crippen molar-refractivity contribution in [1.82, 2.24) is 4.98 Å². The molecule has 0 fully saturated rings.